The van der Waals surface area contributed by atoms with Crippen molar-refractivity contribution in [3.8, 4) is 0 Å². The largest absolute Gasteiger partial charge is 0.309 e. The summed E-state index contributed by atoms with van der Waals surface area (Å²) in [5.41, 5.74) is 3.22. The van der Waals surface area contributed by atoms with E-state index in [2.05, 4.69) is 35.3 Å². The molecule has 0 aromatic carbocycles. The molecular weight excluding hydrogens is 256 g/mol. The molecule has 0 aliphatic carbocycles. The molecule has 19 heavy (non-hydrogen) atoms. The molecule has 0 aliphatic heterocycles. The number of rotatable bonds is 6. The second-order valence-corrected chi connectivity index (χ2v) is 6.18. The fourth-order valence-corrected chi connectivity index (χ4v) is 2.80. The lowest BCUT2D eigenvalue weighted by molar-refractivity contribution is 0.595. The quantitative estimate of drug-likeness (QED) is 0.881. The van der Waals surface area contributed by atoms with Crippen molar-refractivity contribution in [1.29, 1.82) is 0 Å². The molecule has 0 saturated heterocycles. The Morgan fingerprint density at radius 2 is 2.26 bits per heavy atom. The third-order valence-corrected chi connectivity index (χ3v) is 4.29. The molecule has 2 heterocycles. The zero-order valence-electron chi connectivity index (χ0n) is 12.1. The van der Waals surface area contributed by atoms with Crippen molar-refractivity contribution in [3.05, 3.63) is 23.5 Å². The van der Waals surface area contributed by atoms with E-state index in [9.17, 15) is 0 Å². The zero-order valence-corrected chi connectivity index (χ0v) is 12.9. The number of hydrogen-bond acceptors (Lipinski definition) is 4. The third kappa shape index (κ3) is 3.48. The maximum atomic E-state index is 4.50. The molecule has 1 atom stereocenters. The van der Waals surface area contributed by atoms with Crippen LogP contribution in [0.5, 0.6) is 0 Å². The smallest absolute Gasteiger partial charge is 0.157 e. The monoisotopic (exact) mass is 278 g/mol. The number of pyridine rings is 1. The molecule has 2 aromatic heterocycles. The number of thioether (sulfide) groups is 1. The van der Waals surface area contributed by atoms with E-state index in [0.717, 1.165) is 29.0 Å². The summed E-state index contributed by atoms with van der Waals surface area (Å²) in [5.74, 6) is 2.33. The second kappa shape index (κ2) is 6.39. The number of nitrogens with zero attached hydrogens (tertiary/aromatic N) is 3. The highest BCUT2D eigenvalue weighted by atomic mass is 32.2. The van der Waals surface area contributed by atoms with Gasteiger partial charge in [0.2, 0.25) is 0 Å². The molecule has 0 radical (unpaired) electrons. The van der Waals surface area contributed by atoms with Gasteiger partial charge in [-0.2, -0.15) is 16.9 Å². The van der Waals surface area contributed by atoms with Crippen molar-refractivity contribution in [2.24, 2.45) is 7.05 Å². The van der Waals surface area contributed by atoms with Crippen molar-refractivity contribution in [1.82, 2.24) is 20.1 Å². The van der Waals surface area contributed by atoms with Gasteiger partial charge < -0.3 is 5.32 Å². The Morgan fingerprint density at radius 1 is 1.47 bits per heavy atom. The van der Waals surface area contributed by atoms with Crippen molar-refractivity contribution >= 4 is 22.8 Å². The van der Waals surface area contributed by atoms with Crippen LogP contribution in [0.4, 0.5) is 0 Å². The van der Waals surface area contributed by atoms with Gasteiger partial charge in [-0.05, 0) is 31.2 Å². The van der Waals surface area contributed by atoms with Gasteiger partial charge in [0, 0.05) is 37.0 Å². The van der Waals surface area contributed by atoms with E-state index in [4.69, 9.17) is 0 Å². The molecule has 0 spiro atoms. The minimum absolute atomic E-state index is 0.524. The minimum atomic E-state index is 0.524. The SMILES string of the molecule is CCSCC(C)NCc1cnc2c(c1)c(C)nn2C. The lowest BCUT2D eigenvalue weighted by Gasteiger charge is -2.12. The highest BCUT2D eigenvalue weighted by Gasteiger charge is 2.07. The number of nitrogens with one attached hydrogen (secondary N) is 1. The molecule has 0 saturated carbocycles. The Bertz CT molecular complexity index is 550. The molecule has 1 unspecified atom stereocenters. The number of aryl methyl sites for hydroxylation is 2. The van der Waals surface area contributed by atoms with E-state index in [1.165, 1.54) is 11.3 Å². The molecule has 0 amide bonds. The fourth-order valence-electron chi connectivity index (χ4n) is 2.09. The van der Waals surface area contributed by atoms with E-state index in [1.54, 1.807) is 0 Å². The van der Waals surface area contributed by atoms with E-state index in [1.807, 2.05) is 36.6 Å². The summed E-state index contributed by atoms with van der Waals surface area (Å²) in [6, 6.07) is 2.72. The van der Waals surface area contributed by atoms with Crippen LogP contribution in [0.3, 0.4) is 0 Å². The van der Waals surface area contributed by atoms with Gasteiger partial charge in [-0.3, -0.25) is 4.68 Å². The molecule has 4 nitrogen and oxygen atoms in total. The Hall–Kier alpha value is -1.07. The van der Waals surface area contributed by atoms with Crippen LogP contribution >= 0.6 is 11.8 Å². The van der Waals surface area contributed by atoms with Gasteiger partial charge in [-0.25, -0.2) is 4.98 Å². The average molecular weight is 278 g/mol. The van der Waals surface area contributed by atoms with Crippen molar-refractivity contribution in [3.63, 3.8) is 0 Å². The van der Waals surface area contributed by atoms with E-state index >= 15 is 0 Å². The first kappa shape index (κ1) is 14.3. The van der Waals surface area contributed by atoms with Gasteiger partial charge >= 0.3 is 0 Å². The van der Waals surface area contributed by atoms with Crippen LogP contribution in [0.1, 0.15) is 25.1 Å². The molecular formula is C14H22N4S. The molecule has 0 fully saturated rings. The maximum Gasteiger partial charge on any atom is 0.157 e. The minimum Gasteiger partial charge on any atom is -0.309 e. The summed E-state index contributed by atoms with van der Waals surface area (Å²) >= 11 is 1.97. The summed E-state index contributed by atoms with van der Waals surface area (Å²) in [6.45, 7) is 7.31. The van der Waals surface area contributed by atoms with Crippen molar-refractivity contribution in [2.45, 2.75) is 33.4 Å². The van der Waals surface area contributed by atoms with E-state index < -0.39 is 0 Å². The summed E-state index contributed by atoms with van der Waals surface area (Å²) in [5, 5.41) is 9.08. The van der Waals surface area contributed by atoms with Gasteiger partial charge in [0.25, 0.3) is 0 Å². The van der Waals surface area contributed by atoms with Crippen molar-refractivity contribution in [2.75, 3.05) is 11.5 Å². The summed E-state index contributed by atoms with van der Waals surface area (Å²) in [7, 11) is 1.93. The van der Waals surface area contributed by atoms with Gasteiger partial charge in [-0.1, -0.05) is 6.92 Å². The van der Waals surface area contributed by atoms with Gasteiger partial charge in [0.05, 0.1) is 5.69 Å². The second-order valence-electron chi connectivity index (χ2n) is 4.87. The van der Waals surface area contributed by atoms with E-state index in [0.29, 0.717) is 6.04 Å². The van der Waals surface area contributed by atoms with Crippen LogP contribution < -0.4 is 5.32 Å². The molecule has 5 heteroatoms. The molecule has 0 bridgehead atoms. The Labute approximate surface area is 119 Å². The standard InChI is InChI=1S/C14H22N4S/c1-5-19-9-10(2)15-7-12-6-13-11(3)17-18(4)14(13)16-8-12/h6,8,10,15H,5,7,9H2,1-4H3. The predicted molar refractivity (Wildman–Crippen MR) is 82.5 cm³/mol. The van der Waals surface area contributed by atoms with Crippen LogP contribution in [-0.4, -0.2) is 32.3 Å². The maximum absolute atomic E-state index is 4.50. The van der Waals surface area contributed by atoms with E-state index in [-0.39, 0.29) is 0 Å². The molecule has 104 valence electrons. The summed E-state index contributed by atoms with van der Waals surface area (Å²) in [4.78, 5) is 4.50. The topological polar surface area (TPSA) is 42.7 Å². The first-order chi connectivity index (χ1) is 9.11. The Balaban J connectivity index is 2.03. The zero-order chi connectivity index (χ0) is 13.8. The molecule has 2 aromatic rings. The highest BCUT2D eigenvalue weighted by Crippen LogP contribution is 2.16. The van der Waals surface area contributed by atoms with Gasteiger partial charge in [0.15, 0.2) is 5.65 Å². The average Bonchev–Trinajstić information content (AvgIpc) is 2.69. The third-order valence-electron chi connectivity index (χ3n) is 3.15. The number of aromatic nitrogens is 3. The Morgan fingerprint density at radius 3 is 3.00 bits per heavy atom. The predicted octanol–water partition coefficient (Wildman–Crippen LogP) is 2.51. The fraction of sp³-hybridized carbons (Fsp3) is 0.571. The Kier molecular flexibility index (Phi) is 4.82. The molecule has 0 aliphatic rings. The highest BCUT2D eigenvalue weighted by molar-refractivity contribution is 7.99. The first-order valence-electron chi connectivity index (χ1n) is 6.71. The number of hydrogen-bond donors (Lipinski definition) is 1. The van der Waals surface area contributed by atoms with Gasteiger partial charge in [-0.15, -0.1) is 0 Å². The first-order valence-corrected chi connectivity index (χ1v) is 7.86. The van der Waals surface area contributed by atoms with Crippen LogP contribution in [0.25, 0.3) is 11.0 Å². The summed E-state index contributed by atoms with van der Waals surface area (Å²) < 4.78 is 1.84. The normalized spacial score (nSPS) is 13.1. The van der Waals surface area contributed by atoms with Crippen LogP contribution in [0, 0.1) is 6.92 Å². The van der Waals surface area contributed by atoms with Crippen LogP contribution in [0.2, 0.25) is 0 Å². The summed E-state index contributed by atoms with van der Waals surface area (Å²) in [6.07, 6.45) is 1.94. The lowest BCUT2D eigenvalue weighted by atomic mass is 10.2. The molecule has 1 N–H and O–H groups in total. The molecule has 2 rings (SSSR count). The van der Waals surface area contributed by atoms with Gasteiger partial charge in [0.1, 0.15) is 0 Å². The van der Waals surface area contributed by atoms with Crippen molar-refractivity contribution < 1.29 is 0 Å². The van der Waals surface area contributed by atoms with Crippen LogP contribution in [0.15, 0.2) is 12.3 Å². The number of fused-ring (bicyclic) bond motifs is 1. The van der Waals surface area contributed by atoms with Crippen LogP contribution in [-0.2, 0) is 13.6 Å². The lowest BCUT2D eigenvalue weighted by Crippen LogP contribution is -2.27.